The summed E-state index contributed by atoms with van der Waals surface area (Å²) in [6.45, 7) is 0. The van der Waals surface area contributed by atoms with Crippen LogP contribution in [0.2, 0.25) is 0 Å². The highest BCUT2D eigenvalue weighted by Crippen LogP contribution is 2.32. The maximum Gasteiger partial charge on any atom is 0.197 e. The Morgan fingerprint density at radius 2 is 1.04 bits per heavy atom. The number of hydrogen-bond donors (Lipinski definition) is 0. The van der Waals surface area contributed by atoms with Crippen molar-refractivity contribution in [3.05, 3.63) is 78.2 Å². The van der Waals surface area contributed by atoms with Gasteiger partial charge in [0.1, 0.15) is 11.4 Å². The van der Waals surface area contributed by atoms with Crippen LogP contribution in [0.25, 0.3) is 11.4 Å². The van der Waals surface area contributed by atoms with E-state index in [-0.39, 0.29) is 5.78 Å². The van der Waals surface area contributed by atoms with Crippen molar-refractivity contribution in [1.29, 1.82) is 0 Å². The Morgan fingerprint density at radius 1 is 0.692 bits per heavy atom. The molecule has 0 unspecified atom stereocenters. The minimum atomic E-state index is -1.35. The zero-order valence-corrected chi connectivity index (χ0v) is 16.8. The summed E-state index contributed by atoms with van der Waals surface area (Å²) in [6, 6.07) is 7.10. The van der Waals surface area contributed by atoms with Crippen LogP contribution in [0.1, 0.15) is 15.9 Å². The summed E-state index contributed by atoms with van der Waals surface area (Å²) < 4.78 is 49.2. The minimum absolute atomic E-state index is 0.0243. The normalized spacial score (nSPS) is 11.5. The molecule has 132 valence electrons. The van der Waals surface area contributed by atoms with Crippen molar-refractivity contribution < 1.29 is 22.4 Å². The zero-order chi connectivity index (χ0) is 19.0. The average Bonchev–Trinajstić information content (AvgIpc) is 2.97. The third-order valence-corrected chi connectivity index (χ3v) is 5.38. The fraction of sp³-hybridized carbons (Fsp3) is 0. The second-order valence-corrected chi connectivity index (χ2v) is 7.17. The maximum atomic E-state index is 12.6. The molecule has 0 atom stereocenters. The molecule has 4 rings (SSSR count). The Bertz CT molecular complexity index is 891. The van der Waals surface area contributed by atoms with Crippen molar-refractivity contribution >= 4 is 51.0 Å². The predicted molar refractivity (Wildman–Crippen MR) is 103 cm³/mol. The van der Waals surface area contributed by atoms with Crippen LogP contribution in [0.15, 0.2) is 36.7 Å². The van der Waals surface area contributed by atoms with Crippen LogP contribution in [0.3, 0.4) is 0 Å². The maximum absolute atomic E-state index is 12.6. The van der Waals surface area contributed by atoms with E-state index in [2.05, 4.69) is 9.97 Å². The summed E-state index contributed by atoms with van der Waals surface area (Å²) in [7, 11) is 0. The van der Waals surface area contributed by atoms with Gasteiger partial charge in [0.25, 0.3) is 0 Å². The van der Waals surface area contributed by atoms with Crippen LogP contribution in [-0.4, -0.2) is 15.8 Å². The number of fused-ring (bicyclic) bond motifs is 3. The molecule has 0 saturated heterocycles. The van der Waals surface area contributed by atoms with Gasteiger partial charge in [-0.3, -0.25) is 14.8 Å². The molecule has 26 heavy (non-hydrogen) atoms. The second kappa shape index (κ2) is 7.55. The van der Waals surface area contributed by atoms with Crippen molar-refractivity contribution in [2.45, 2.75) is 0 Å². The fourth-order valence-electron chi connectivity index (χ4n) is 2.28. The molecule has 0 bridgehead atoms. The highest BCUT2D eigenvalue weighted by molar-refractivity contribution is 14.1. The van der Waals surface area contributed by atoms with Gasteiger partial charge in [0.15, 0.2) is 29.1 Å². The predicted octanol–water partition coefficient (Wildman–Crippen LogP) is 5.14. The van der Waals surface area contributed by atoms with Gasteiger partial charge in [-0.1, -0.05) is 0 Å². The first kappa shape index (κ1) is 19.1. The molecule has 1 aliphatic rings. The van der Waals surface area contributed by atoms with E-state index in [0.717, 1.165) is 0 Å². The Labute approximate surface area is 172 Å². The van der Waals surface area contributed by atoms with Gasteiger partial charge >= 0.3 is 0 Å². The topological polar surface area (TPSA) is 42.9 Å². The van der Waals surface area contributed by atoms with Crippen LogP contribution in [0.5, 0.6) is 0 Å². The Balaban J connectivity index is 0.000000153. The lowest BCUT2D eigenvalue weighted by Crippen LogP contribution is -2.02. The molecule has 0 saturated carbocycles. The number of ketones is 1. The van der Waals surface area contributed by atoms with Crippen LogP contribution < -0.4 is 0 Å². The SMILES string of the molecule is Fc1c(F)c(I)c(F)c(F)c1I.O=C1c2cccnc2-c2ncccc21. The molecule has 2 aromatic heterocycles. The van der Waals surface area contributed by atoms with E-state index >= 15 is 0 Å². The van der Waals surface area contributed by atoms with Crippen LogP contribution in [0, 0.1) is 30.4 Å². The molecule has 1 aromatic carbocycles. The summed E-state index contributed by atoms with van der Waals surface area (Å²) in [6.07, 6.45) is 3.35. The number of halogens is 6. The first-order chi connectivity index (χ1) is 12.3. The molecule has 0 fully saturated rings. The van der Waals surface area contributed by atoms with Crippen LogP contribution in [0.4, 0.5) is 17.6 Å². The smallest absolute Gasteiger partial charge is 0.197 e. The third kappa shape index (κ3) is 3.21. The van der Waals surface area contributed by atoms with E-state index < -0.39 is 30.4 Å². The number of hydrogen-bond acceptors (Lipinski definition) is 3. The van der Waals surface area contributed by atoms with Gasteiger partial charge in [-0.25, -0.2) is 17.6 Å². The minimum Gasteiger partial charge on any atom is -0.288 e. The van der Waals surface area contributed by atoms with Crippen LogP contribution in [-0.2, 0) is 0 Å². The molecule has 9 heteroatoms. The van der Waals surface area contributed by atoms with Crippen molar-refractivity contribution in [2.24, 2.45) is 0 Å². The summed E-state index contributed by atoms with van der Waals surface area (Å²) in [5.74, 6) is -5.37. The standard InChI is InChI=1S/C11H6N2O.C6F4I2/c14-11-7-3-1-5-12-9(7)10-8(11)4-2-6-13-10;7-1-2(8)6(12)4(10)3(9)5(1)11/h1-6H;. The Hall–Kier alpha value is -1.63. The fourth-order valence-corrected chi connectivity index (χ4v) is 3.22. The monoisotopic (exact) mass is 584 g/mol. The van der Waals surface area contributed by atoms with E-state index in [9.17, 15) is 22.4 Å². The van der Waals surface area contributed by atoms with E-state index in [4.69, 9.17) is 0 Å². The van der Waals surface area contributed by atoms with E-state index in [1.165, 1.54) is 45.2 Å². The van der Waals surface area contributed by atoms with Gasteiger partial charge in [-0.2, -0.15) is 0 Å². The van der Waals surface area contributed by atoms with E-state index in [1.807, 2.05) is 0 Å². The molecule has 0 radical (unpaired) electrons. The molecule has 0 N–H and O–H groups in total. The molecule has 0 amide bonds. The van der Waals surface area contributed by atoms with Crippen molar-refractivity contribution in [1.82, 2.24) is 9.97 Å². The highest BCUT2D eigenvalue weighted by Gasteiger charge is 2.28. The molecular weight excluding hydrogens is 578 g/mol. The van der Waals surface area contributed by atoms with Gasteiger partial charge in [-0.15, -0.1) is 0 Å². The molecule has 1 aliphatic carbocycles. The molecule has 3 nitrogen and oxygen atoms in total. The van der Waals surface area contributed by atoms with Gasteiger partial charge in [0, 0.05) is 12.4 Å². The van der Waals surface area contributed by atoms with E-state index in [1.54, 1.807) is 36.7 Å². The summed E-state index contributed by atoms with van der Waals surface area (Å²) in [5, 5.41) is 0. The summed E-state index contributed by atoms with van der Waals surface area (Å²) in [5.41, 5.74) is 2.71. The van der Waals surface area contributed by atoms with Crippen LogP contribution >= 0.6 is 45.2 Å². The van der Waals surface area contributed by atoms with Gasteiger partial charge < -0.3 is 0 Å². The summed E-state index contributed by atoms with van der Waals surface area (Å²) >= 11 is 2.41. The van der Waals surface area contributed by atoms with Gasteiger partial charge in [-0.05, 0) is 69.4 Å². The first-order valence-electron chi connectivity index (χ1n) is 6.96. The molecule has 0 aliphatic heterocycles. The number of carbonyl (C=O) groups is 1. The van der Waals surface area contributed by atoms with Crippen molar-refractivity contribution in [3.8, 4) is 11.4 Å². The number of aromatic nitrogens is 2. The number of benzene rings is 1. The number of rotatable bonds is 0. The lowest BCUT2D eigenvalue weighted by atomic mass is 10.1. The Morgan fingerprint density at radius 3 is 1.38 bits per heavy atom. The number of carbonyl (C=O) groups excluding carboxylic acids is 1. The van der Waals surface area contributed by atoms with Crippen molar-refractivity contribution in [2.75, 3.05) is 0 Å². The first-order valence-corrected chi connectivity index (χ1v) is 9.12. The average molecular weight is 584 g/mol. The lowest BCUT2D eigenvalue weighted by Gasteiger charge is -2.02. The molecular formula is C17H6F4I2N2O. The molecule has 2 heterocycles. The van der Waals surface area contributed by atoms with Gasteiger partial charge in [0.2, 0.25) is 0 Å². The largest absolute Gasteiger partial charge is 0.288 e. The second-order valence-electron chi connectivity index (χ2n) is 5.01. The quantitative estimate of drug-likeness (QED) is 0.125. The number of nitrogens with zero attached hydrogens (tertiary/aromatic N) is 2. The third-order valence-electron chi connectivity index (χ3n) is 3.49. The zero-order valence-electron chi connectivity index (χ0n) is 12.5. The Kier molecular flexibility index (Phi) is 5.55. The van der Waals surface area contributed by atoms with Gasteiger partial charge in [0.05, 0.1) is 18.3 Å². The highest BCUT2D eigenvalue weighted by atomic mass is 127. The molecule has 3 aromatic rings. The molecule has 0 spiro atoms. The van der Waals surface area contributed by atoms with Crippen molar-refractivity contribution in [3.63, 3.8) is 0 Å². The number of pyridine rings is 2. The van der Waals surface area contributed by atoms with E-state index in [0.29, 0.717) is 22.5 Å². The summed E-state index contributed by atoms with van der Waals surface area (Å²) in [4.78, 5) is 20.1. The lowest BCUT2D eigenvalue weighted by molar-refractivity contribution is 0.104.